The van der Waals surface area contributed by atoms with Gasteiger partial charge in [0.15, 0.2) is 0 Å². The predicted molar refractivity (Wildman–Crippen MR) is 62.6 cm³/mol. The van der Waals surface area contributed by atoms with Gasteiger partial charge in [0.2, 0.25) is 11.7 Å². The fourth-order valence-corrected chi connectivity index (χ4v) is 2.02. The summed E-state index contributed by atoms with van der Waals surface area (Å²) in [5, 5.41) is 14.1. The number of carbonyl (C=O) groups excluding carboxylic acids is 2. The van der Waals surface area contributed by atoms with Gasteiger partial charge in [-0.3, -0.25) is 9.59 Å². The molecular formula is C12H11FN2O3. The first-order chi connectivity index (χ1) is 8.52. The van der Waals surface area contributed by atoms with Gasteiger partial charge in [-0.2, -0.15) is 0 Å². The van der Waals surface area contributed by atoms with E-state index in [0.29, 0.717) is 12.0 Å². The topological polar surface area (TPSA) is 78.8 Å². The van der Waals surface area contributed by atoms with Crippen LogP contribution in [0.15, 0.2) is 17.3 Å². The van der Waals surface area contributed by atoms with E-state index in [2.05, 4.69) is 10.5 Å². The number of benzene rings is 1. The molecule has 0 fully saturated rings. The molecule has 0 atom stereocenters. The van der Waals surface area contributed by atoms with Gasteiger partial charge in [-0.15, -0.1) is 0 Å². The largest absolute Gasteiger partial charge is 0.411 e. The van der Waals surface area contributed by atoms with Crippen molar-refractivity contribution in [3.8, 4) is 0 Å². The van der Waals surface area contributed by atoms with E-state index in [1.807, 2.05) is 0 Å². The summed E-state index contributed by atoms with van der Waals surface area (Å²) in [4.78, 5) is 23.0. The zero-order valence-electron chi connectivity index (χ0n) is 9.66. The van der Waals surface area contributed by atoms with Crippen LogP contribution in [0.25, 0.3) is 0 Å². The Morgan fingerprint density at radius 3 is 2.78 bits per heavy atom. The second-order valence-electron chi connectivity index (χ2n) is 4.04. The summed E-state index contributed by atoms with van der Waals surface area (Å²) >= 11 is 0. The first kappa shape index (κ1) is 12.2. The number of nitrogens with zero attached hydrogens (tertiary/aromatic N) is 1. The van der Waals surface area contributed by atoms with Crippen LogP contribution in [0.3, 0.4) is 0 Å². The second kappa shape index (κ2) is 4.56. The molecule has 5 nitrogen and oxygen atoms in total. The fourth-order valence-electron chi connectivity index (χ4n) is 2.02. The lowest BCUT2D eigenvalue weighted by atomic mass is 9.88. The number of carbonyl (C=O) groups is 2. The fraction of sp³-hybridized carbons (Fsp3) is 0.250. The summed E-state index contributed by atoms with van der Waals surface area (Å²) in [5.41, 5.74) is 0.839. The maximum atomic E-state index is 13.4. The number of anilines is 1. The van der Waals surface area contributed by atoms with Crippen LogP contribution in [0, 0.1) is 5.82 Å². The van der Waals surface area contributed by atoms with Crippen molar-refractivity contribution in [1.29, 1.82) is 0 Å². The van der Waals surface area contributed by atoms with Crippen LogP contribution < -0.4 is 5.32 Å². The third-order valence-electron chi connectivity index (χ3n) is 2.74. The van der Waals surface area contributed by atoms with Gasteiger partial charge in [0.05, 0.1) is 11.3 Å². The molecule has 1 aromatic rings. The van der Waals surface area contributed by atoms with Gasteiger partial charge in [0.25, 0.3) is 0 Å². The van der Waals surface area contributed by atoms with E-state index >= 15 is 0 Å². The van der Waals surface area contributed by atoms with Crippen LogP contribution in [0.4, 0.5) is 10.1 Å². The molecule has 1 aliphatic rings. The maximum absolute atomic E-state index is 13.4. The van der Waals surface area contributed by atoms with Crippen molar-refractivity contribution < 1.29 is 19.2 Å². The van der Waals surface area contributed by atoms with Crippen molar-refractivity contribution in [2.75, 3.05) is 5.32 Å². The van der Waals surface area contributed by atoms with E-state index < -0.39 is 17.5 Å². The van der Waals surface area contributed by atoms with Gasteiger partial charge in [-0.25, -0.2) is 4.39 Å². The zero-order valence-corrected chi connectivity index (χ0v) is 9.66. The van der Waals surface area contributed by atoms with Crippen molar-refractivity contribution in [2.24, 2.45) is 5.16 Å². The van der Waals surface area contributed by atoms with Crippen molar-refractivity contribution >= 4 is 23.1 Å². The Bertz CT molecular complexity index is 567. The van der Waals surface area contributed by atoms with E-state index in [1.54, 1.807) is 0 Å². The molecule has 18 heavy (non-hydrogen) atoms. The highest BCUT2D eigenvalue weighted by Gasteiger charge is 2.27. The molecule has 0 bridgehead atoms. The van der Waals surface area contributed by atoms with E-state index in [4.69, 9.17) is 5.21 Å². The van der Waals surface area contributed by atoms with Crippen LogP contribution in [-0.4, -0.2) is 22.6 Å². The van der Waals surface area contributed by atoms with Crippen LogP contribution >= 0.6 is 0 Å². The average Bonchev–Trinajstić information content (AvgIpc) is 2.27. The summed E-state index contributed by atoms with van der Waals surface area (Å²) in [6, 6.07) is 2.34. The molecule has 0 saturated heterocycles. The Morgan fingerprint density at radius 2 is 2.17 bits per heavy atom. The highest BCUT2D eigenvalue weighted by atomic mass is 19.1. The molecule has 0 aromatic heterocycles. The van der Waals surface area contributed by atoms with E-state index in [9.17, 15) is 14.0 Å². The van der Waals surface area contributed by atoms with Gasteiger partial charge >= 0.3 is 0 Å². The van der Waals surface area contributed by atoms with E-state index in [-0.39, 0.29) is 23.4 Å². The number of nitrogens with one attached hydrogen (secondary N) is 1. The Labute approximate surface area is 102 Å². The van der Waals surface area contributed by atoms with Crippen LogP contribution in [0.1, 0.15) is 29.3 Å². The highest BCUT2D eigenvalue weighted by Crippen LogP contribution is 2.28. The van der Waals surface area contributed by atoms with Gasteiger partial charge in [-0.05, 0) is 24.1 Å². The van der Waals surface area contributed by atoms with Crippen molar-refractivity contribution in [1.82, 2.24) is 0 Å². The molecule has 0 unspecified atom stereocenters. The summed E-state index contributed by atoms with van der Waals surface area (Å²) in [5.74, 6) is -1.40. The summed E-state index contributed by atoms with van der Waals surface area (Å²) in [6.45, 7) is 1.27. The number of Topliss-reactive ketones (excluding diaryl/α,β-unsaturated/α-hetero) is 1. The van der Waals surface area contributed by atoms with Gasteiger partial charge in [0.1, 0.15) is 11.5 Å². The number of fused-ring (bicyclic) bond motifs is 1. The molecule has 2 rings (SSSR count). The van der Waals surface area contributed by atoms with Crippen molar-refractivity contribution in [3.05, 3.63) is 29.1 Å². The van der Waals surface area contributed by atoms with Gasteiger partial charge < -0.3 is 10.5 Å². The quantitative estimate of drug-likeness (QED) is 0.588. The molecular weight excluding hydrogens is 239 g/mol. The van der Waals surface area contributed by atoms with Crippen LogP contribution in [0.2, 0.25) is 0 Å². The predicted octanol–water partition coefficient (Wildman–Crippen LogP) is 1.74. The Hall–Kier alpha value is -2.24. The lowest BCUT2D eigenvalue weighted by Gasteiger charge is -2.19. The molecule has 6 heteroatoms. The molecule has 1 amide bonds. The minimum absolute atomic E-state index is 0.0145. The minimum atomic E-state index is -0.519. The summed E-state index contributed by atoms with van der Waals surface area (Å²) in [6.07, 6.45) is 0.649. The molecule has 94 valence electrons. The SMILES string of the molecule is CC(=O)Nc1cc(F)cc2c1C(=O)/C(=N/O)CC2. The molecule has 1 aliphatic carbocycles. The minimum Gasteiger partial charge on any atom is -0.411 e. The number of hydrogen-bond donors (Lipinski definition) is 2. The Balaban J connectivity index is 2.58. The Morgan fingerprint density at radius 1 is 1.44 bits per heavy atom. The number of hydrogen-bond acceptors (Lipinski definition) is 4. The monoisotopic (exact) mass is 250 g/mol. The second-order valence-corrected chi connectivity index (χ2v) is 4.04. The number of amides is 1. The molecule has 0 radical (unpaired) electrons. The normalized spacial score (nSPS) is 16.6. The lowest BCUT2D eigenvalue weighted by Crippen LogP contribution is -2.25. The lowest BCUT2D eigenvalue weighted by molar-refractivity contribution is -0.114. The van der Waals surface area contributed by atoms with Gasteiger partial charge in [-0.1, -0.05) is 5.16 Å². The number of rotatable bonds is 1. The standard InChI is InChI=1S/C12H11FN2O3/c1-6(16)14-10-5-8(13)4-7-2-3-9(15-18)12(17)11(7)10/h4-5,18H,2-3H2,1H3,(H,14,16)/b15-9+. The number of oxime groups is 1. The summed E-state index contributed by atoms with van der Waals surface area (Å²) in [7, 11) is 0. The zero-order chi connectivity index (χ0) is 13.3. The molecule has 2 N–H and O–H groups in total. The first-order valence-electron chi connectivity index (χ1n) is 5.38. The average molecular weight is 250 g/mol. The first-order valence-corrected chi connectivity index (χ1v) is 5.38. The van der Waals surface area contributed by atoms with Crippen molar-refractivity contribution in [2.45, 2.75) is 19.8 Å². The third kappa shape index (κ3) is 2.09. The number of ketones is 1. The molecule has 0 saturated carbocycles. The smallest absolute Gasteiger partial charge is 0.221 e. The van der Waals surface area contributed by atoms with Gasteiger partial charge in [0, 0.05) is 13.3 Å². The summed E-state index contributed by atoms with van der Waals surface area (Å²) < 4.78 is 13.4. The maximum Gasteiger partial charge on any atom is 0.221 e. The van der Waals surface area contributed by atoms with E-state index in [0.717, 1.165) is 6.07 Å². The molecule has 0 spiro atoms. The van der Waals surface area contributed by atoms with Crippen LogP contribution in [-0.2, 0) is 11.2 Å². The molecule has 0 aliphatic heterocycles. The number of halogens is 1. The number of aryl methyl sites for hydroxylation is 1. The molecule has 1 aromatic carbocycles. The van der Waals surface area contributed by atoms with Crippen molar-refractivity contribution in [3.63, 3.8) is 0 Å². The Kier molecular flexibility index (Phi) is 3.10. The van der Waals surface area contributed by atoms with E-state index in [1.165, 1.54) is 13.0 Å². The highest BCUT2D eigenvalue weighted by molar-refractivity contribution is 6.48. The third-order valence-corrected chi connectivity index (χ3v) is 2.74. The molecule has 0 heterocycles. The van der Waals surface area contributed by atoms with Crippen LogP contribution in [0.5, 0.6) is 0 Å².